The lowest BCUT2D eigenvalue weighted by Crippen LogP contribution is -2.46. The van der Waals surface area contributed by atoms with Crippen molar-refractivity contribution in [3.8, 4) is 5.75 Å². The van der Waals surface area contributed by atoms with Crippen LogP contribution < -0.4 is 4.74 Å². The summed E-state index contributed by atoms with van der Waals surface area (Å²) in [6.45, 7) is 2.40. The number of halogens is 6. The van der Waals surface area contributed by atoms with Crippen LogP contribution >= 0.6 is 0 Å². The van der Waals surface area contributed by atoms with Gasteiger partial charge in [0.25, 0.3) is 5.91 Å². The fourth-order valence-corrected chi connectivity index (χ4v) is 4.30. The van der Waals surface area contributed by atoms with Crippen molar-refractivity contribution < 1.29 is 40.7 Å². The van der Waals surface area contributed by atoms with Crippen LogP contribution in [0.3, 0.4) is 0 Å². The second-order valence-corrected chi connectivity index (χ2v) is 8.86. The van der Waals surface area contributed by atoms with Crippen LogP contribution in [0.25, 0.3) is 5.70 Å². The maximum absolute atomic E-state index is 13.5. The second kappa shape index (κ2) is 8.03. The Balaban J connectivity index is 1.93. The third-order valence-corrected chi connectivity index (χ3v) is 6.02. The zero-order chi connectivity index (χ0) is 25.9. The Kier molecular flexibility index (Phi) is 5.65. The molecule has 11 heteroatoms. The summed E-state index contributed by atoms with van der Waals surface area (Å²) in [5.41, 5.74) is -1.46. The summed E-state index contributed by atoms with van der Waals surface area (Å²) in [7, 11) is 0.929. The first-order chi connectivity index (χ1) is 16.1. The van der Waals surface area contributed by atoms with Crippen LogP contribution in [0.2, 0.25) is 0 Å². The van der Waals surface area contributed by atoms with Crippen molar-refractivity contribution >= 4 is 17.5 Å². The lowest BCUT2D eigenvalue weighted by molar-refractivity contribution is -0.183. The number of carbonyl (C=O) groups is 2. The Hall–Kier alpha value is -3.50. The Morgan fingerprint density at radius 2 is 1.71 bits per heavy atom. The summed E-state index contributed by atoms with van der Waals surface area (Å²) in [5.74, 6) is -2.61. The Bertz CT molecular complexity index is 1250. The Morgan fingerprint density at radius 3 is 2.31 bits per heavy atom. The largest absolute Gasteiger partial charge is 0.483 e. The predicted octanol–water partition coefficient (Wildman–Crippen LogP) is 5.26. The summed E-state index contributed by atoms with van der Waals surface area (Å²) in [4.78, 5) is 26.8. The minimum atomic E-state index is -5.16. The molecule has 2 heterocycles. The molecule has 0 bridgehead atoms. The number of likely N-dealkylation sites (N-methyl/N-ethyl adjacent to an activating group) is 1. The smallest absolute Gasteiger partial charge is 0.471 e. The van der Waals surface area contributed by atoms with Crippen LogP contribution in [0.5, 0.6) is 5.75 Å². The first-order valence-corrected chi connectivity index (χ1v) is 10.5. The van der Waals surface area contributed by atoms with Gasteiger partial charge in [0.2, 0.25) is 0 Å². The SMILES string of the molecule is CN(CC1=C(N2Cc3ccccc3C2=O)c2cc(C(F)(F)F)ccc2OC1(C)C)C(=O)C(F)(F)F. The number of hydrogen-bond donors (Lipinski definition) is 0. The lowest BCUT2D eigenvalue weighted by Gasteiger charge is -2.41. The van der Waals surface area contributed by atoms with Gasteiger partial charge in [0.15, 0.2) is 0 Å². The molecule has 0 spiro atoms. The van der Waals surface area contributed by atoms with E-state index in [4.69, 9.17) is 4.74 Å². The van der Waals surface area contributed by atoms with E-state index >= 15 is 0 Å². The minimum Gasteiger partial charge on any atom is -0.483 e. The molecular weight excluding hydrogens is 478 g/mol. The van der Waals surface area contributed by atoms with Crippen molar-refractivity contribution in [2.45, 2.75) is 38.3 Å². The highest BCUT2D eigenvalue weighted by Crippen LogP contribution is 2.46. The number of nitrogens with zero attached hydrogens (tertiary/aromatic N) is 2. The first-order valence-electron chi connectivity index (χ1n) is 10.5. The quantitative estimate of drug-likeness (QED) is 0.543. The average Bonchev–Trinajstić information content (AvgIpc) is 3.08. The summed E-state index contributed by atoms with van der Waals surface area (Å²) < 4.78 is 85.7. The summed E-state index contributed by atoms with van der Waals surface area (Å²) in [5, 5.41) is 0. The molecule has 5 nitrogen and oxygen atoms in total. The van der Waals surface area contributed by atoms with Crippen molar-refractivity contribution in [1.82, 2.24) is 9.80 Å². The van der Waals surface area contributed by atoms with Gasteiger partial charge in [-0.15, -0.1) is 0 Å². The molecule has 35 heavy (non-hydrogen) atoms. The van der Waals surface area contributed by atoms with E-state index in [0.717, 1.165) is 25.2 Å². The number of benzene rings is 2. The molecule has 0 saturated heterocycles. The van der Waals surface area contributed by atoms with E-state index in [1.54, 1.807) is 24.3 Å². The van der Waals surface area contributed by atoms with E-state index < -0.39 is 41.9 Å². The van der Waals surface area contributed by atoms with Gasteiger partial charge in [-0.2, -0.15) is 26.3 Å². The highest BCUT2D eigenvalue weighted by molar-refractivity contribution is 6.04. The third kappa shape index (κ3) is 4.35. The fourth-order valence-electron chi connectivity index (χ4n) is 4.30. The van der Waals surface area contributed by atoms with Crippen molar-refractivity contribution in [3.05, 3.63) is 70.3 Å². The van der Waals surface area contributed by atoms with E-state index in [2.05, 4.69) is 0 Å². The minimum absolute atomic E-state index is 0.00344. The molecule has 0 unspecified atom stereocenters. The van der Waals surface area contributed by atoms with E-state index in [1.807, 2.05) is 0 Å². The van der Waals surface area contributed by atoms with E-state index in [9.17, 15) is 35.9 Å². The number of amides is 2. The highest BCUT2D eigenvalue weighted by Gasteiger charge is 2.46. The number of rotatable bonds is 3. The highest BCUT2D eigenvalue weighted by atomic mass is 19.4. The summed E-state index contributed by atoms with van der Waals surface area (Å²) in [6.07, 6.45) is -9.87. The van der Waals surface area contributed by atoms with Crippen molar-refractivity contribution in [2.24, 2.45) is 0 Å². The van der Waals surface area contributed by atoms with Gasteiger partial charge >= 0.3 is 18.3 Å². The van der Waals surface area contributed by atoms with Crippen LogP contribution in [0, 0.1) is 0 Å². The molecule has 2 aliphatic rings. The van der Waals surface area contributed by atoms with Gasteiger partial charge in [-0.25, -0.2) is 0 Å². The van der Waals surface area contributed by atoms with Gasteiger partial charge < -0.3 is 14.5 Å². The third-order valence-electron chi connectivity index (χ3n) is 6.02. The van der Waals surface area contributed by atoms with Gasteiger partial charge in [-0.3, -0.25) is 9.59 Å². The molecule has 186 valence electrons. The Morgan fingerprint density at radius 1 is 1.06 bits per heavy atom. The van der Waals surface area contributed by atoms with Crippen LogP contribution in [-0.2, 0) is 17.5 Å². The lowest BCUT2D eigenvalue weighted by atomic mass is 9.87. The van der Waals surface area contributed by atoms with E-state index in [1.165, 1.54) is 18.7 Å². The normalized spacial score (nSPS) is 17.2. The van der Waals surface area contributed by atoms with Gasteiger partial charge in [0, 0.05) is 30.3 Å². The predicted molar refractivity (Wildman–Crippen MR) is 113 cm³/mol. The zero-order valence-corrected chi connectivity index (χ0v) is 18.8. The zero-order valence-electron chi connectivity index (χ0n) is 18.8. The maximum atomic E-state index is 13.5. The van der Waals surface area contributed by atoms with Crippen molar-refractivity contribution in [3.63, 3.8) is 0 Å². The van der Waals surface area contributed by atoms with E-state index in [0.29, 0.717) is 16.0 Å². The van der Waals surface area contributed by atoms with Gasteiger partial charge in [0.05, 0.1) is 17.8 Å². The van der Waals surface area contributed by atoms with Gasteiger partial charge in [-0.1, -0.05) is 18.2 Å². The Labute approximate surface area is 196 Å². The molecule has 0 aliphatic carbocycles. The molecule has 0 saturated carbocycles. The van der Waals surface area contributed by atoms with Crippen molar-refractivity contribution in [2.75, 3.05) is 13.6 Å². The van der Waals surface area contributed by atoms with Gasteiger partial charge in [-0.05, 0) is 43.7 Å². The number of carbonyl (C=O) groups excluding carboxylic acids is 2. The number of ether oxygens (including phenoxy) is 1. The molecular formula is C24H20F6N2O3. The molecule has 2 aromatic carbocycles. The van der Waals surface area contributed by atoms with Crippen LogP contribution in [0.4, 0.5) is 26.3 Å². The molecule has 0 radical (unpaired) electrons. The molecule has 0 fully saturated rings. The van der Waals surface area contributed by atoms with Crippen LogP contribution in [-0.4, -0.2) is 47.0 Å². The topological polar surface area (TPSA) is 49.9 Å². The number of fused-ring (bicyclic) bond motifs is 2. The molecule has 0 atom stereocenters. The molecule has 2 aliphatic heterocycles. The van der Waals surface area contributed by atoms with Crippen molar-refractivity contribution in [1.29, 1.82) is 0 Å². The maximum Gasteiger partial charge on any atom is 0.471 e. The number of alkyl halides is 6. The standard InChI is InChI=1S/C24H20F6N2O3/c1-22(2)17(12-31(3)21(34)24(28,29)30)19(32-11-13-6-4-5-7-15(13)20(32)33)16-10-14(23(25,26)27)8-9-18(16)35-22/h4-10H,11-12H2,1-3H3. The second-order valence-electron chi connectivity index (χ2n) is 8.86. The van der Waals surface area contributed by atoms with Crippen LogP contribution in [0.1, 0.15) is 40.9 Å². The monoisotopic (exact) mass is 498 g/mol. The summed E-state index contributed by atoms with van der Waals surface area (Å²) >= 11 is 0. The molecule has 2 amide bonds. The first kappa shape index (κ1) is 24.6. The molecule has 0 aromatic heterocycles. The number of hydrogen-bond acceptors (Lipinski definition) is 3. The van der Waals surface area contributed by atoms with Gasteiger partial charge in [0.1, 0.15) is 11.4 Å². The molecule has 4 rings (SSSR count). The summed E-state index contributed by atoms with van der Waals surface area (Å²) in [6, 6.07) is 9.34. The molecule has 0 N–H and O–H groups in total. The van der Waals surface area contributed by atoms with E-state index in [-0.39, 0.29) is 29.1 Å². The van der Waals surface area contributed by atoms with Crippen LogP contribution in [0.15, 0.2) is 48.0 Å². The fraction of sp³-hybridized carbons (Fsp3) is 0.333. The molecule has 2 aromatic rings. The average molecular weight is 498 g/mol.